The highest BCUT2D eigenvalue weighted by Gasteiger charge is 2.22. The minimum Gasteiger partial charge on any atom is -0.489 e. The maximum atomic E-state index is 13.2. The number of amides is 1. The van der Waals surface area contributed by atoms with E-state index < -0.39 is 0 Å². The summed E-state index contributed by atoms with van der Waals surface area (Å²) in [5, 5.41) is 7.40. The van der Waals surface area contributed by atoms with E-state index in [1.165, 1.54) is 5.69 Å². The quantitative estimate of drug-likeness (QED) is 0.361. The van der Waals surface area contributed by atoms with Gasteiger partial charge in [-0.25, -0.2) is 4.31 Å². The molecule has 0 aliphatic carbocycles. The van der Waals surface area contributed by atoms with Crippen LogP contribution in [-0.2, 0) is 26.2 Å². The van der Waals surface area contributed by atoms with Gasteiger partial charge >= 0.3 is 0 Å². The first-order valence-corrected chi connectivity index (χ1v) is 11.7. The molecule has 0 spiro atoms. The van der Waals surface area contributed by atoms with Crippen molar-refractivity contribution >= 4 is 17.9 Å². The molecule has 0 atom stereocenters. The molecule has 1 amide bonds. The summed E-state index contributed by atoms with van der Waals surface area (Å²) in [7, 11) is 0. The molecule has 1 N–H and O–H groups in total. The molecule has 4 rings (SSSR count). The van der Waals surface area contributed by atoms with Gasteiger partial charge in [-0.1, -0.05) is 36.9 Å². The maximum Gasteiger partial charge on any atom is 0.268 e. The number of carbonyl (C=O) groups is 1. The summed E-state index contributed by atoms with van der Waals surface area (Å²) >= 11 is 1.69. The van der Waals surface area contributed by atoms with Crippen molar-refractivity contribution in [2.75, 3.05) is 13.2 Å². The Morgan fingerprint density at radius 1 is 1.24 bits per heavy atom. The van der Waals surface area contributed by atoms with Crippen molar-refractivity contribution in [2.45, 2.75) is 38.0 Å². The number of fused-ring (bicyclic) bond motifs is 1. The standard InChI is InChI=1S/C25H29N5O2S/c1-4-12-29-19(3)24(33-28-13-14-30-21(18-28)10-11-27-30)16-22(29)25(31)26-17-20-8-6-7-9-23(20)32-15-5-2/h4-11,16H,1-2,12-15,17-18H2,3H3,(H,26,31). The summed E-state index contributed by atoms with van der Waals surface area (Å²) in [5.74, 6) is 0.623. The number of hydrogen-bond donors (Lipinski definition) is 1. The Morgan fingerprint density at radius 3 is 2.91 bits per heavy atom. The van der Waals surface area contributed by atoms with Crippen LogP contribution in [0.5, 0.6) is 5.75 Å². The van der Waals surface area contributed by atoms with Gasteiger partial charge in [0.2, 0.25) is 0 Å². The molecule has 0 unspecified atom stereocenters. The molecule has 1 aliphatic rings. The molecule has 3 heterocycles. The van der Waals surface area contributed by atoms with Gasteiger partial charge in [0.1, 0.15) is 18.1 Å². The van der Waals surface area contributed by atoms with Crippen LogP contribution in [0.4, 0.5) is 0 Å². The summed E-state index contributed by atoms with van der Waals surface area (Å²) in [6.45, 7) is 13.6. The number of ether oxygens (including phenoxy) is 1. The highest BCUT2D eigenvalue weighted by molar-refractivity contribution is 7.97. The molecule has 3 aromatic rings. The molecule has 7 nitrogen and oxygen atoms in total. The van der Waals surface area contributed by atoms with Crippen LogP contribution < -0.4 is 10.1 Å². The molecular weight excluding hydrogens is 434 g/mol. The first-order valence-electron chi connectivity index (χ1n) is 10.9. The average Bonchev–Trinajstić information content (AvgIpc) is 3.42. The fourth-order valence-corrected chi connectivity index (χ4v) is 4.90. The van der Waals surface area contributed by atoms with Crippen molar-refractivity contribution in [1.29, 1.82) is 0 Å². The van der Waals surface area contributed by atoms with Gasteiger partial charge in [-0.3, -0.25) is 9.48 Å². The number of nitrogens with one attached hydrogen (secondary N) is 1. The van der Waals surface area contributed by atoms with E-state index in [-0.39, 0.29) is 5.91 Å². The fourth-order valence-electron chi connectivity index (χ4n) is 3.85. The number of aromatic nitrogens is 3. The Morgan fingerprint density at radius 2 is 2.09 bits per heavy atom. The van der Waals surface area contributed by atoms with Gasteiger partial charge < -0.3 is 14.6 Å². The second-order valence-corrected chi connectivity index (χ2v) is 8.91. The lowest BCUT2D eigenvalue weighted by atomic mass is 10.2. The Hall–Kier alpha value is -3.23. The number of hydrogen-bond acceptors (Lipinski definition) is 5. The lowest BCUT2D eigenvalue weighted by Gasteiger charge is -2.26. The van der Waals surface area contributed by atoms with Gasteiger partial charge in [0.25, 0.3) is 5.91 Å². The molecule has 0 radical (unpaired) electrons. The summed E-state index contributed by atoms with van der Waals surface area (Å²) < 4.78 is 12.1. The van der Waals surface area contributed by atoms with Gasteiger partial charge in [0.05, 0.1) is 18.8 Å². The van der Waals surface area contributed by atoms with E-state index in [9.17, 15) is 4.79 Å². The lowest BCUT2D eigenvalue weighted by molar-refractivity contribution is 0.0941. The van der Waals surface area contributed by atoms with Crippen LogP contribution in [-0.4, -0.2) is 37.7 Å². The summed E-state index contributed by atoms with van der Waals surface area (Å²) in [6, 6.07) is 11.7. The van der Waals surface area contributed by atoms with Crippen molar-refractivity contribution in [3.8, 4) is 5.75 Å². The topological polar surface area (TPSA) is 64.3 Å². The second kappa shape index (κ2) is 10.6. The predicted molar refractivity (Wildman–Crippen MR) is 131 cm³/mol. The highest BCUT2D eigenvalue weighted by Crippen LogP contribution is 2.32. The van der Waals surface area contributed by atoms with Gasteiger partial charge in [-0.2, -0.15) is 5.10 Å². The smallest absolute Gasteiger partial charge is 0.268 e. The summed E-state index contributed by atoms with van der Waals surface area (Å²) in [5.41, 5.74) is 3.80. The summed E-state index contributed by atoms with van der Waals surface area (Å²) in [4.78, 5) is 14.2. The SMILES string of the molecule is C=CCOc1ccccc1CNC(=O)c1cc(SN2CCn3nccc3C2)c(C)n1CC=C. The molecule has 1 aromatic carbocycles. The first kappa shape index (κ1) is 22.9. The Labute approximate surface area is 198 Å². The van der Waals surface area contributed by atoms with Crippen LogP contribution in [0, 0.1) is 6.92 Å². The molecule has 172 valence electrons. The van der Waals surface area contributed by atoms with Crippen molar-refractivity contribution in [1.82, 2.24) is 24.0 Å². The van der Waals surface area contributed by atoms with Crippen LogP contribution >= 0.6 is 11.9 Å². The third kappa shape index (κ3) is 5.23. The van der Waals surface area contributed by atoms with Crippen LogP contribution in [0.3, 0.4) is 0 Å². The molecule has 0 saturated carbocycles. The minimum atomic E-state index is -0.123. The molecule has 0 bridgehead atoms. The number of rotatable bonds is 10. The van der Waals surface area contributed by atoms with Crippen LogP contribution in [0.1, 0.15) is 27.4 Å². The monoisotopic (exact) mass is 463 g/mol. The normalized spacial score (nSPS) is 13.4. The molecule has 1 aliphatic heterocycles. The zero-order valence-corrected chi connectivity index (χ0v) is 19.7. The number of allylic oxidation sites excluding steroid dienone is 1. The van der Waals surface area contributed by atoms with Crippen molar-refractivity contribution in [2.24, 2.45) is 0 Å². The lowest BCUT2D eigenvalue weighted by Crippen LogP contribution is -2.28. The average molecular weight is 464 g/mol. The van der Waals surface area contributed by atoms with E-state index in [4.69, 9.17) is 4.74 Å². The van der Waals surface area contributed by atoms with Gasteiger partial charge in [0, 0.05) is 42.0 Å². The predicted octanol–water partition coefficient (Wildman–Crippen LogP) is 4.20. The highest BCUT2D eigenvalue weighted by atomic mass is 32.2. The second-order valence-electron chi connectivity index (χ2n) is 7.77. The molecule has 8 heteroatoms. The zero-order chi connectivity index (χ0) is 23.2. The maximum absolute atomic E-state index is 13.2. The third-order valence-electron chi connectivity index (χ3n) is 5.56. The number of carbonyl (C=O) groups excluding carboxylic acids is 1. The Kier molecular flexibility index (Phi) is 7.36. The Balaban J connectivity index is 1.48. The van der Waals surface area contributed by atoms with Crippen molar-refractivity contribution < 1.29 is 9.53 Å². The van der Waals surface area contributed by atoms with Crippen LogP contribution in [0.15, 0.2) is 72.8 Å². The molecule has 0 saturated heterocycles. The van der Waals surface area contributed by atoms with Crippen molar-refractivity contribution in [3.63, 3.8) is 0 Å². The van der Waals surface area contributed by atoms with Gasteiger partial charge in [-0.15, -0.1) is 6.58 Å². The third-order valence-corrected chi connectivity index (χ3v) is 6.74. The molecule has 2 aromatic heterocycles. The van der Waals surface area contributed by atoms with E-state index >= 15 is 0 Å². The minimum absolute atomic E-state index is 0.123. The van der Waals surface area contributed by atoms with Crippen LogP contribution in [0.2, 0.25) is 0 Å². The number of benzene rings is 1. The molecule has 0 fully saturated rings. The zero-order valence-electron chi connectivity index (χ0n) is 18.9. The number of nitrogens with zero attached hydrogens (tertiary/aromatic N) is 4. The van der Waals surface area contributed by atoms with E-state index in [0.717, 1.165) is 41.5 Å². The van der Waals surface area contributed by atoms with Crippen LogP contribution in [0.25, 0.3) is 0 Å². The Bertz CT molecular complexity index is 1150. The first-order chi connectivity index (χ1) is 16.1. The van der Waals surface area contributed by atoms with E-state index in [0.29, 0.717) is 25.4 Å². The summed E-state index contributed by atoms with van der Waals surface area (Å²) in [6.07, 6.45) is 5.37. The number of para-hydroxylation sites is 1. The van der Waals surface area contributed by atoms with Gasteiger partial charge in [-0.05, 0) is 37.1 Å². The molecular formula is C25H29N5O2S. The van der Waals surface area contributed by atoms with Crippen molar-refractivity contribution in [3.05, 3.63) is 90.6 Å². The fraction of sp³-hybridized carbons (Fsp3) is 0.280. The largest absolute Gasteiger partial charge is 0.489 e. The van der Waals surface area contributed by atoms with E-state index in [2.05, 4.69) is 40.9 Å². The van der Waals surface area contributed by atoms with E-state index in [1.54, 1.807) is 18.0 Å². The van der Waals surface area contributed by atoms with Gasteiger partial charge in [0.15, 0.2) is 0 Å². The van der Waals surface area contributed by atoms with E-state index in [1.807, 2.05) is 51.9 Å². The molecule has 33 heavy (non-hydrogen) atoms.